The molecule has 31 heavy (non-hydrogen) atoms. The van der Waals surface area contributed by atoms with E-state index in [1.54, 1.807) is 7.11 Å². The summed E-state index contributed by atoms with van der Waals surface area (Å²) in [4.78, 5) is 0. The van der Waals surface area contributed by atoms with Gasteiger partial charge in [-0.15, -0.1) is 0 Å². The van der Waals surface area contributed by atoms with Crippen LogP contribution in [0, 0.1) is 5.92 Å². The third kappa shape index (κ3) is 19.0. The Morgan fingerprint density at radius 3 is 1.81 bits per heavy atom. The lowest BCUT2D eigenvalue weighted by molar-refractivity contribution is -0.0519. The molecule has 0 aromatic rings. The van der Waals surface area contributed by atoms with Crippen molar-refractivity contribution in [1.29, 1.82) is 0 Å². The molecule has 5 heteroatoms. The van der Waals surface area contributed by atoms with Crippen LogP contribution < -0.4 is 0 Å². The van der Waals surface area contributed by atoms with Gasteiger partial charge in [0.1, 0.15) is 6.10 Å². The maximum Gasteiger partial charge on any atom is 0.104 e. The van der Waals surface area contributed by atoms with Crippen molar-refractivity contribution in [1.82, 2.24) is 0 Å². The number of unbranched alkanes of at least 4 members (excludes halogenated alkanes) is 9. The van der Waals surface area contributed by atoms with E-state index in [9.17, 15) is 0 Å². The van der Waals surface area contributed by atoms with Crippen LogP contribution in [0.3, 0.4) is 0 Å². The Kier molecular flexibility index (Phi) is 21.4. The van der Waals surface area contributed by atoms with Crippen molar-refractivity contribution in [2.24, 2.45) is 5.92 Å². The van der Waals surface area contributed by atoms with Crippen molar-refractivity contribution in [2.75, 3.05) is 53.4 Å². The van der Waals surface area contributed by atoms with Crippen molar-refractivity contribution >= 4 is 0 Å². The van der Waals surface area contributed by atoms with Crippen molar-refractivity contribution in [3.63, 3.8) is 0 Å². The largest absolute Gasteiger partial charge is 0.394 e. The highest BCUT2D eigenvalue weighted by molar-refractivity contribution is 4.65. The topological polar surface area (TPSA) is 57.2 Å². The lowest BCUT2D eigenvalue weighted by Gasteiger charge is -2.21. The summed E-state index contributed by atoms with van der Waals surface area (Å²) in [7, 11) is 1.69. The van der Waals surface area contributed by atoms with Crippen molar-refractivity contribution < 1.29 is 24.1 Å². The minimum absolute atomic E-state index is 0.0273. The summed E-state index contributed by atoms with van der Waals surface area (Å²) < 4.78 is 21.8. The Morgan fingerprint density at radius 2 is 1.19 bits per heavy atom. The molecule has 0 amide bonds. The number of ether oxygens (including phenoxy) is 4. The smallest absolute Gasteiger partial charge is 0.104 e. The Labute approximate surface area is 192 Å². The number of aliphatic hydroxyl groups excluding tert-OH is 1. The molecule has 0 bridgehead atoms. The van der Waals surface area contributed by atoms with Gasteiger partial charge in [0, 0.05) is 13.7 Å². The molecule has 1 aliphatic carbocycles. The predicted octanol–water partition coefficient (Wildman–Crippen LogP) is 5.91. The van der Waals surface area contributed by atoms with E-state index in [0.717, 1.165) is 18.9 Å². The zero-order valence-corrected chi connectivity index (χ0v) is 20.5. The van der Waals surface area contributed by atoms with Gasteiger partial charge in [-0.1, -0.05) is 96.3 Å². The van der Waals surface area contributed by atoms with Gasteiger partial charge in [0.25, 0.3) is 0 Å². The highest BCUT2D eigenvalue weighted by atomic mass is 16.6. The van der Waals surface area contributed by atoms with Crippen molar-refractivity contribution in [2.45, 2.75) is 109 Å². The predicted molar refractivity (Wildman–Crippen MR) is 128 cm³/mol. The Morgan fingerprint density at radius 1 is 0.645 bits per heavy atom. The Balaban J connectivity index is 1.74. The van der Waals surface area contributed by atoms with E-state index in [2.05, 4.69) is 0 Å². The molecule has 0 spiro atoms. The molecule has 0 radical (unpaired) electrons. The van der Waals surface area contributed by atoms with E-state index < -0.39 is 0 Å². The second-order valence-corrected chi connectivity index (χ2v) is 9.17. The van der Waals surface area contributed by atoms with Gasteiger partial charge in [0.15, 0.2) is 0 Å². The van der Waals surface area contributed by atoms with Crippen LogP contribution in [-0.2, 0) is 18.9 Å². The molecule has 0 saturated heterocycles. The Bertz CT molecular complexity index is 347. The fourth-order valence-electron chi connectivity index (χ4n) is 4.43. The maximum atomic E-state index is 8.63. The summed E-state index contributed by atoms with van der Waals surface area (Å²) in [5.41, 5.74) is 0. The number of methoxy groups -OCH3 is 1. The van der Waals surface area contributed by atoms with Crippen LogP contribution in [-0.4, -0.2) is 64.6 Å². The second kappa shape index (κ2) is 23.0. The summed E-state index contributed by atoms with van der Waals surface area (Å²) in [6.45, 7) is 3.32. The molecule has 5 nitrogen and oxygen atoms in total. The van der Waals surface area contributed by atoms with Crippen LogP contribution >= 0.6 is 0 Å². The van der Waals surface area contributed by atoms with Gasteiger partial charge < -0.3 is 24.1 Å². The molecular formula is C26H52O5. The molecule has 0 aliphatic heterocycles. The summed E-state index contributed by atoms with van der Waals surface area (Å²) in [5, 5.41) is 8.63. The number of rotatable bonds is 23. The number of hydrogen-bond donors (Lipinski definition) is 1. The summed E-state index contributed by atoms with van der Waals surface area (Å²) in [6.07, 6.45) is 22.7. The van der Waals surface area contributed by atoms with E-state index in [1.807, 2.05) is 0 Å². The molecule has 1 atom stereocenters. The van der Waals surface area contributed by atoms with Gasteiger partial charge in [-0.2, -0.15) is 0 Å². The zero-order valence-electron chi connectivity index (χ0n) is 20.5. The first-order valence-corrected chi connectivity index (χ1v) is 13.2. The standard InChI is InChI=1S/C26H52O5/c1-28-26(24-31-22-21-29-20-18-27)23-30-19-14-9-7-5-3-2-4-6-8-11-15-25-16-12-10-13-17-25/h25-27H,2-24H2,1H3. The lowest BCUT2D eigenvalue weighted by Crippen LogP contribution is -2.25. The second-order valence-electron chi connectivity index (χ2n) is 9.17. The lowest BCUT2D eigenvalue weighted by atomic mass is 9.85. The average molecular weight is 445 g/mol. The minimum Gasteiger partial charge on any atom is -0.394 e. The van der Waals surface area contributed by atoms with E-state index in [-0.39, 0.29) is 12.7 Å². The molecule has 0 heterocycles. The van der Waals surface area contributed by atoms with Gasteiger partial charge in [0.2, 0.25) is 0 Å². The van der Waals surface area contributed by atoms with Gasteiger partial charge in [0.05, 0.1) is 39.6 Å². The Hall–Kier alpha value is -0.200. The third-order valence-corrected chi connectivity index (χ3v) is 6.42. The SMILES string of the molecule is COC(COCCCCCCCCCCCCC1CCCCC1)COCCOCCO. The maximum absolute atomic E-state index is 8.63. The van der Waals surface area contributed by atoms with E-state index in [1.165, 1.54) is 96.3 Å². The molecule has 1 saturated carbocycles. The quantitative estimate of drug-likeness (QED) is 0.198. The van der Waals surface area contributed by atoms with Crippen LogP contribution in [0.2, 0.25) is 0 Å². The van der Waals surface area contributed by atoms with Crippen molar-refractivity contribution in [3.8, 4) is 0 Å². The van der Waals surface area contributed by atoms with E-state index >= 15 is 0 Å². The zero-order chi connectivity index (χ0) is 22.2. The van der Waals surface area contributed by atoms with Crippen LogP contribution in [0.15, 0.2) is 0 Å². The monoisotopic (exact) mass is 444 g/mol. The first kappa shape index (κ1) is 28.8. The minimum atomic E-state index is -0.0273. The first-order chi connectivity index (χ1) is 15.4. The normalized spacial score (nSPS) is 16.1. The van der Waals surface area contributed by atoms with Crippen LogP contribution in [0.4, 0.5) is 0 Å². The fourth-order valence-corrected chi connectivity index (χ4v) is 4.43. The van der Waals surface area contributed by atoms with E-state index in [4.69, 9.17) is 24.1 Å². The molecule has 0 aromatic heterocycles. The molecule has 1 aliphatic rings. The summed E-state index contributed by atoms with van der Waals surface area (Å²) >= 11 is 0. The van der Waals surface area contributed by atoms with Crippen molar-refractivity contribution in [3.05, 3.63) is 0 Å². The fraction of sp³-hybridized carbons (Fsp3) is 1.00. The van der Waals surface area contributed by atoms with Crippen LogP contribution in [0.5, 0.6) is 0 Å². The highest BCUT2D eigenvalue weighted by Gasteiger charge is 2.12. The molecule has 1 unspecified atom stereocenters. The van der Waals surface area contributed by atoms with Gasteiger partial charge in [-0.25, -0.2) is 0 Å². The average Bonchev–Trinajstić information content (AvgIpc) is 2.80. The molecule has 1 fully saturated rings. The first-order valence-electron chi connectivity index (χ1n) is 13.2. The molecule has 1 N–H and O–H groups in total. The van der Waals surface area contributed by atoms with E-state index in [0.29, 0.717) is 33.0 Å². The van der Waals surface area contributed by atoms with Crippen LogP contribution in [0.1, 0.15) is 103 Å². The van der Waals surface area contributed by atoms with Gasteiger partial charge >= 0.3 is 0 Å². The van der Waals surface area contributed by atoms with Gasteiger partial charge in [-0.3, -0.25) is 0 Å². The molecule has 1 rings (SSSR count). The summed E-state index contributed by atoms with van der Waals surface area (Å²) in [5.74, 6) is 1.06. The molecular weight excluding hydrogens is 392 g/mol. The number of aliphatic hydroxyl groups is 1. The van der Waals surface area contributed by atoms with Gasteiger partial charge in [-0.05, 0) is 12.3 Å². The third-order valence-electron chi connectivity index (χ3n) is 6.42. The highest BCUT2D eigenvalue weighted by Crippen LogP contribution is 2.28. The molecule has 186 valence electrons. The van der Waals surface area contributed by atoms with Crippen LogP contribution in [0.25, 0.3) is 0 Å². The molecule has 0 aromatic carbocycles. The number of hydrogen-bond acceptors (Lipinski definition) is 5. The summed E-state index contributed by atoms with van der Waals surface area (Å²) in [6, 6.07) is 0.